The van der Waals surface area contributed by atoms with Gasteiger partial charge in [-0.2, -0.15) is 0 Å². The van der Waals surface area contributed by atoms with Gasteiger partial charge in [-0.05, 0) is 31.0 Å². The van der Waals surface area contributed by atoms with Crippen molar-refractivity contribution in [3.05, 3.63) is 28.8 Å². The molecule has 0 aromatic heterocycles. The number of fused-ring (bicyclic) bond motifs is 1. The maximum Gasteiger partial charge on any atom is 0.184 e. The molecule has 0 amide bonds. The van der Waals surface area contributed by atoms with Gasteiger partial charge in [-0.25, -0.2) is 8.42 Å². The van der Waals surface area contributed by atoms with Crippen molar-refractivity contribution in [1.82, 2.24) is 5.32 Å². The molecule has 0 fully saturated rings. The van der Waals surface area contributed by atoms with Gasteiger partial charge >= 0.3 is 0 Å². The molecule has 1 aliphatic heterocycles. The predicted octanol–water partition coefficient (Wildman–Crippen LogP) is 3.34. The Kier molecular flexibility index (Phi) is 4.54. The van der Waals surface area contributed by atoms with Gasteiger partial charge in [-0.1, -0.05) is 44.0 Å². The lowest BCUT2D eigenvalue weighted by atomic mass is 10.0. The van der Waals surface area contributed by atoms with E-state index in [4.69, 9.17) is 11.6 Å². The topological polar surface area (TPSA) is 46.2 Å². The fourth-order valence-corrected chi connectivity index (χ4v) is 5.57. The first-order valence-electron chi connectivity index (χ1n) is 6.79. The molecule has 0 saturated carbocycles. The number of hydrogen-bond donors (Lipinski definition) is 1. The second-order valence-corrected chi connectivity index (χ2v) is 7.47. The van der Waals surface area contributed by atoms with Crippen molar-refractivity contribution in [1.29, 1.82) is 0 Å². The molecule has 0 radical (unpaired) electrons. The van der Waals surface area contributed by atoms with E-state index in [9.17, 15) is 8.42 Å². The van der Waals surface area contributed by atoms with Crippen LogP contribution in [0.2, 0.25) is 5.02 Å². The van der Waals surface area contributed by atoms with E-state index < -0.39 is 9.84 Å². The highest BCUT2D eigenvalue weighted by Crippen LogP contribution is 2.44. The van der Waals surface area contributed by atoms with E-state index in [1.165, 1.54) is 0 Å². The molecule has 19 heavy (non-hydrogen) atoms. The number of nitrogens with one attached hydrogen (secondary N) is 1. The molecule has 0 aliphatic carbocycles. The second-order valence-electron chi connectivity index (χ2n) is 4.96. The highest BCUT2D eigenvalue weighted by atomic mass is 35.5. The van der Waals surface area contributed by atoms with E-state index in [-0.39, 0.29) is 11.3 Å². The maximum atomic E-state index is 12.6. The molecule has 0 saturated heterocycles. The van der Waals surface area contributed by atoms with Crippen LogP contribution in [0, 0.1) is 0 Å². The molecule has 1 aromatic rings. The molecule has 106 valence electrons. The average molecular weight is 302 g/mol. The van der Waals surface area contributed by atoms with Gasteiger partial charge < -0.3 is 5.32 Å². The van der Waals surface area contributed by atoms with Crippen LogP contribution in [0.15, 0.2) is 23.1 Å². The van der Waals surface area contributed by atoms with Crippen LogP contribution in [0.1, 0.15) is 44.7 Å². The summed E-state index contributed by atoms with van der Waals surface area (Å²) in [6, 6.07) is 5.23. The summed E-state index contributed by atoms with van der Waals surface area (Å²) < 4.78 is 25.3. The van der Waals surface area contributed by atoms with E-state index in [1.807, 2.05) is 19.1 Å². The van der Waals surface area contributed by atoms with Crippen molar-refractivity contribution in [2.75, 3.05) is 6.54 Å². The van der Waals surface area contributed by atoms with Gasteiger partial charge in [0.05, 0.1) is 21.2 Å². The third kappa shape index (κ3) is 2.54. The normalized spacial score (nSPS) is 24.4. The Morgan fingerprint density at radius 1 is 1.26 bits per heavy atom. The van der Waals surface area contributed by atoms with Crippen molar-refractivity contribution in [3.8, 4) is 0 Å². The first kappa shape index (κ1) is 14.8. The lowest BCUT2D eigenvalue weighted by Crippen LogP contribution is -2.32. The standard InChI is InChI=1S/C14H20ClNO2S/c1-3-6-12-13(16-9-4-2)10-7-5-8-11(15)14(10)19(12,17)18/h5,7-8,12-13,16H,3-4,6,9H2,1-2H3. The first-order chi connectivity index (χ1) is 9.04. The quantitative estimate of drug-likeness (QED) is 0.907. The molecular weight excluding hydrogens is 282 g/mol. The van der Waals surface area contributed by atoms with Gasteiger partial charge in [0.2, 0.25) is 0 Å². The van der Waals surface area contributed by atoms with Gasteiger partial charge in [-0.15, -0.1) is 0 Å². The van der Waals surface area contributed by atoms with E-state index in [0.29, 0.717) is 16.3 Å². The zero-order chi connectivity index (χ0) is 14.0. The summed E-state index contributed by atoms with van der Waals surface area (Å²) in [5, 5.41) is 3.32. The van der Waals surface area contributed by atoms with Crippen LogP contribution in [-0.2, 0) is 9.84 Å². The molecule has 1 N–H and O–H groups in total. The number of rotatable bonds is 5. The second kappa shape index (κ2) is 5.81. The lowest BCUT2D eigenvalue weighted by molar-refractivity contribution is 0.481. The van der Waals surface area contributed by atoms with Gasteiger partial charge in [0, 0.05) is 0 Å². The molecule has 3 nitrogen and oxygen atoms in total. The van der Waals surface area contributed by atoms with Crippen LogP contribution in [0.4, 0.5) is 0 Å². The van der Waals surface area contributed by atoms with Crippen LogP contribution >= 0.6 is 11.6 Å². The Morgan fingerprint density at radius 2 is 2.00 bits per heavy atom. The Labute approximate surface area is 120 Å². The van der Waals surface area contributed by atoms with Crippen molar-refractivity contribution in [2.45, 2.75) is 49.3 Å². The summed E-state index contributed by atoms with van der Waals surface area (Å²) >= 11 is 6.11. The summed E-state index contributed by atoms with van der Waals surface area (Å²) in [5.41, 5.74) is 0.833. The molecule has 1 heterocycles. The van der Waals surface area contributed by atoms with Gasteiger partial charge in [0.15, 0.2) is 9.84 Å². The zero-order valence-corrected chi connectivity index (χ0v) is 12.9. The SMILES string of the molecule is CCCNC1c2cccc(Cl)c2S(=O)(=O)C1CCC. The molecule has 1 aromatic carbocycles. The van der Waals surface area contributed by atoms with Crippen LogP contribution in [-0.4, -0.2) is 20.2 Å². The number of benzene rings is 1. The Bertz CT molecular complexity index is 557. The number of halogens is 1. The minimum absolute atomic E-state index is 0.126. The number of hydrogen-bond acceptors (Lipinski definition) is 3. The molecular formula is C14H20ClNO2S. The molecule has 2 atom stereocenters. The summed E-state index contributed by atoms with van der Waals surface area (Å²) in [6.07, 6.45) is 2.49. The summed E-state index contributed by atoms with van der Waals surface area (Å²) in [6.45, 7) is 4.90. The van der Waals surface area contributed by atoms with E-state index in [2.05, 4.69) is 12.2 Å². The molecule has 0 spiro atoms. The number of sulfone groups is 1. The van der Waals surface area contributed by atoms with Crippen molar-refractivity contribution in [3.63, 3.8) is 0 Å². The zero-order valence-electron chi connectivity index (χ0n) is 11.3. The summed E-state index contributed by atoms with van der Waals surface area (Å²) in [5.74, 6) is 0. The van der Waals surface area contributed by atoms with Crippen molar-refractivity contribution in [2.24, 2.45) is 0 Å². The Balaban J connectivity index is 2.51. The minimum Gasteiger partial charge on any atom is -0.309 e. The van der Waals surface area contributed by atoms with Crippen molar-refractivity contribution < 1.29 is 8.42 Å². The van der Waals surface area contributed by atoms with Crippen LogP contribution < -0.4 is 5.32 Å². The largest absolute Gasteiger partial charge is 0.309 e. The van der Waals surface area contributed by atoms with Gasteiger partial charge in [0.25, 0.3) is 0 Å². The third-order valence-corrected chi connectivity index (χ3v) is 6.33. The van der Waals surface area contributed by atoms with Gasteiger partial charge in [-0.3, -0.25) is 0 Å². The molecule has 1 aliphatic rings. The fraction of sp³-hybridized carbons (Fsp3) is 0.571. The molecule has 5 heteroatoms. The minimum atomic E-state index is -3.31. The first-order valence-corrected chi connectivity index (χ1v) is 8.72. The van der Waals surface area contributed by atoms with E-state index >= 15 is 0 Å². The highest BCUT2D eigenvalue weighted by Gasteiger charge is 2.45. The smallest absolute Gasteiger partial charge is 0.184 e. The lowest BCUT2D eigenvalue weighted by Gasteiger charge is -2.20. The van der Waals surface area contributed by atoms with E-state index in [1.54, 1.807) is 6.07 Å². The Hall–Kier alpha value is -0.580. The average Bonchev–Trinajstić information content (AvgIpc) is 2.58. The molecule has 0 bridgehead atoms. The summed E-state index contributed by atoms with van der Waals surface area (Å²) in [4.78, 5) is 0.337. The maximum absolute atomic E-state index is 12.6. The highest BCUT2D eigenvalue weighted by molar-refractivity contribution is 7.92. The molecule has 2 rings (SSSR count). The van der Waals surface area contributed by atoms with E-state index in [0.717, 1.165) is 24.9 Å². The van der Waals surface area contributed by atoms with Gasteiger partial charge in [0.1, 0.15) is 0 Å². The molecule has 2 unspecified atom stereocenters. The predicted molar refractivity (Wildman–Crippen MR) is 78.4 cm³/mol. The Morgan fingerprint density at radius 3 is 2.63 bits per heavy atom. The monoisotopic (exact) mass is 301 g/mol. The van der Waals surface area contributed by atoms with Crippen LogP contribution in [0.25, 0.3) is 0 Å². The fourth-order valence-electron chi connectivity index (χ4n) is 2.75. The van der Waals surface area contributed by atoms with Crippen LogP contribution in [0.3, 0.4) is 0 Å². The third-order valence-electron chi connectivity index (χ3n) is 3.57. The summed E-state index contributed by atoms with van der Waals surface area (Å²) in [7, 11) is -3.31. The van der Waals surface area contributed by atoms with Crippen molar-refractivity contribution >= 4 is 21.4 Å². The van der Waals surface area contributed by atoms with Crippen LogP contribution in [0.5, 0.6) is 0 Å².